The molecule has 3 aromatic carbocycles. The quantitative estimate of drug-likeness (QED) is 0.113. The topological polar surface area (TPSA) is 106 Å². The molecule has 1 saturated heterocycles. The molecule has 0 radical (unpaired) electrons. The third-order valence-corrected chi connectivity index (χ3v) is 10.6. The number of aryl methyl sites for hydroxylation is 1. The van der Waals surface area contributed by atoms with E-state index in [-0.39, 0.29) is 59.8 Å². The van der Waals surface area contributed by atoms with E-state index in [1.165, 1.54) is 7.11 Å². The van der Waals surface area contributed by atoms with Crippen LogP contribution in [-0.2, 0) is 32.1 Å². The van der Waals surface area contributed by atoms with Gasteiger partial charge in [-0.3, -0.25) is 14.4 Å². The van der Waals surface area contributed by atoms with E-state index in [1.807, 2.05) is 54.3 Å². The Bertz CT molecular complexity index is 1850. The molecule has 0 aromatic heterocycles. The van der Waals surface area contributed by atoms with Crippen LogP contribution in [0, 0.1) is 24.5 Å². The maximum Gasteiger partial charge on any atom is 0.325 e. The number of fused-ring (bicyclic) bond motifs is 2. The van der Waals surface area contributed by atoms with Crippen molar-refractivity contribution in [1.29, 1.82) is 0 Å². The number of hydrogen-bond acceptors (Lipinski definition) is 7. The van der Waals surface area contributed by atoms with Crippen LogP contribution in [0.1, 0.15) is 60.8 Å². The summed E-state index contributed by atoms with van der Waals surface area (Å²) in [6.07, 6.45) is 4.56. The lowest BCUT2D eigenvalue weighted by atomic mass is 9.74. The van der Waals surface area contributed by atoms with Gasteiger partial charge in [-0.05, 0) is 97.9 Å². The smallest absolute Gasteiger partial charge is 0.325 e. The van der Waals surface area contributed by atoms with Crippen LogP contribution in [-0.4, -0.2) is 68.2 Å². The van der Waals surface area contributed by atoms with Crippen molar-refractivity contribution in [2.45, 2.75) is 76.5 Å². The van der Waals surface area contributed by atoms with Crippen LogP contribution in [0.4, 0.5) is 8.78 Å². The summed E-state index contributed by atoms with van der Waals surface area (Å²) >= 11 is 5.89. The maximum absolute atomic E-state index is 14.9. The van der Waals surface area contributed by atoms with Crippen LogP contribution in [0.5, 0.6) is 11.5 Å². The van der Waals surface area contributed by atoms with Gasteiger partial charge in [-0.25, -0.2) is 8.78 Å². The second kappa shape index (κ2) is 16.5. The van der Waals surface area contributed by atoms with Crippen LogP contribution in [0.2, 0.25) is 5.02 Å². The number of ether oxygens (including phenoxy) is 3. The van der Waals surface area contributed by atoms with Crippen molar-refractivity contribution in [3.63, 3.8) is 0 Å². The van der Waals surface area contributed by atoms with Crippen molar-refractivity contribution in [1.82, 2.24) is 15.5 Å². The second-order valence-corrected chi connectivity index (χ2v) is 14.1. The lowest BCUT2D eigenvalue weighted by Gasteiger charge is -2.43. The Kier molecular flexibility index (Phi) is 11.8. The van der Waals surface area contributed by atoms with Gasteiger partial charge in [-0.15, -0.1) is 0 Å². The molecule has 276 valence electrons. The number of piperidine rings is 1. The van der Waals surface area contributed by atoms with Crippen LogP contribution in [0.15, 0.2) is 60.2 Å². The number of halogens is 3. The van der Waals surface area contributed by atoms with E-state index in [9.17, 15) is 23.2 Å². The first-order chi connectivity index (χ1) is 25.1. The summed E-state index contributed by atoms with van der Waals surface area (Å²) in [5.74, 6) is -2.14. The molecular formula is C40H44ClF2N3O6. The number of amides is 2. The van der Waals surface area contributed by atoms with Gasteiger partial charge < -0.3 is 29.7 Å². The maximum atomic E-state index is 14.9. The highest BCUT2D eigenvalue weighted by molar-refractivity contribution is 6.32. The van der Waals surface area contributed by atoms with Crippen LogP contribution in [0.25, 0.3) is 5.57 Å². The largest absolute Gasteiger partial charge is 0.496 e. The number of carbonyl (C=O) groups excluding carboxylic acids is 3. The highest BCUT2D eigenvalue weighted by Crippen LogP contribution is 2.41. The van der Waals surface area contributed by atoms with Gasteiger partial charge in [0.1, 0.15) is 23.1 Å². The van der Waals surface area contributed by atoms with Crippen molar-refractivity contribution in [2.75, 3.05) is 27.4 Å². The SMILES string of the molecule is COC(=O)CNC(=O)C1C[C@@H]2CC(c3ccc(CCCOc4c(F)ccc(F)c4Cl)cc3)=C(C(=O)N(Cc3cccc(OC)c3C)C3CC3)[C@H](C1)N2. The Labute approximate surface area is 307 Å². The molecule has 2 amide bonds. The molecule has 3 atom stereocenters. The normalized spacial score (nSPS) is 19.5. The molecule has 2 fully saturated rings. The number of nitrogens with zero attached hydrogens (tertiary/aromatic N) is 1. The molecule has 12 heteroatoms. The Morgan fingerprint density at radius 3 is 2.46 bits per heavy atom. The minimum absolute atomic E-state index is 0.0407. The zero-order valence-electron chi connectivity index (χ0n) is 29.6. The van der Waals surface area contributed by atoms with Crippen LogP contribution < -0.4 is 20.1 Å². The summed E-state index contributed by atoms with van der Waals surface area (Å²) in [7, 11) is 2.92. The Balaban J connectivity index is 1.25. The van der Waals surface area contributed by atoms with Gasteiger partial charge in [0.05, 0.1) is 20.8 Å². The van der Waals surface area contributed by atoms with Gasteiger partial charge in [-0.1, -0.05) is 48.0 Å². The number of nitrogens with one attached hydrogen (secondary N) is 2. The summed E-state index contributed by atoms with van der Waals surface area (Å²) in [6, 6.07) is 15.6. The number of benzene rings is 3. The molecule has 2 heterocycles. The third-order valence-electron chi connectivity index (χ3n) is 10.3. The number of rotatable bonds is 14. The van der Waals surface area contributed by atoms with E-state index in [2.05, 4.69) is 10.6 Å². The standard InChI is InChI=1S/C40H44ClF2N3O6/c1-23-26(7-4-8-34(23)50-2)22-46(29-13-14-29)40(49)36-30(20-28-18-27(19-33(36)45-28)39(48)44-21-35(47)51-3)25-11-9-24(10-12-25)6-5-17-52-38-32(43)16-15-31(42)37(38)41/h4,7-12,15-16,27-29,33,45H,5-6,13-14,17-22H2,1-3H3,(H,44,48)/t27?,28-,33+/m1/s1. The molecule has 52 heavy (non-hydrogen) atoms. The van der Waals surface area contributed by atoms with Crippen molar-refractivity contribution in [2.24, 2.45) is 5.92 Å². The number of methoxy groups -OCH3 is 2. The van der Waals surface area contributed by atoms with E-state index in [1.54, 1.807) is 7.11 Å². The average molecular weight is 736 g/mol. The molecule has 6 rings (SSSR count). The summed E-state index contributed by atoms with van der Waals surface area (Å²) in [5.41, 5.74) is 5.61. The van der Waals surface area contributed by atoms with Crippen LogP contribution in [0.3, 0.4) is 0 Å². The van der Waals surface area contributed by atoms with Gasteiger partial charge >= 0.3 is 5.97 Å². The minimum atomic E-state index is -0.740. The molecular weight excluding hydrogens is 692 g/mol. The van der Waals surface area contributed by atoms with Gasteiger partial charge in [-0.2, -0.15) is 0 Å². The fourth-order valence-corrected chi connectivity index (χ4v) is 7.51. The number of hydrogen-bond donors (Lipinski definition) is 2. The molecule has 1 aliphatic carbocycles. The highest BCUT2D eigenvalue weighted by Gasteiger charge is 2.44. The van der Waals surface area contributed by atoms with Crippen LogP contribution >= 0.6 is 11.6 Å². The molecule has 0 spiro atoms. The fraction of sp³-hybridized carbons (Fsp3) is 0.425. The molecule has 1 unspecified atom stereocenters. The van der Waals surface area contributed by atoms with Gasteiger partial charge in [0.15, 0.2) is 11.6 Å². The summed E-state index contributed by atoms with van der Waals surface area (Å²) in [5, 5.41) is 5.99. The van der Waals surface area contributed by atoms with Gasteiger partial charge in [0.25, 0.3) is 5.91 Å². The average Bonchev–Trinajstić information content (AvgIpc) is 4.00. The first-order valence-corrected chi connectivity index (χ1v) is 18.1. The van der Waals surface area contributed by atoms with E-state index in [4.69, 9.17) is 25.8 Å². The minimum Gasteiger partial charge on any atom is -0.496 e. The highest BCUT2D eigenvalue weighted by atomic mass is 35.5. The van der Waals surface area contributed by atoms with E-state index < -0.39 is 17.6 Å². The van der Waals surface area contributed by atoms with E-state index in [0.717, 1.165) is 58.6 Å². The molecule has 3 aliphatic rings. The third kappa shape index (κ3) is 8.42. The molecule has 2 N–H and O–H groups in total. The predicted octanol–water partition coefficient (Wildman–Crippen LogP) is 6.32. The molecule has 1 saturated carbocycles. The second-order valence-electron chi connectivity index (χ2n) is 13.7. The lowest BCUT2D eigenvalue weighted by Crippen LogP contribution is -2.55. The number of esters is 1. The lowest BCUT2D eigenvalue weighted by molar-refractivity contribution is -0.141. The van der Waals surface area contributed by atoms with E-state index in [0.29, 0.717) is 44.2 Å². The van der Waals surface area contributed by atoms with Crippen molar-refractivity contribution >= 4 is 35.0 Å². The first kappa shape index (κ1) is 37.3. The Morgan fingerprint density at radius 1 is 1.00 bits per heavy atom. The summed E-state index contributed by atoms with van der Waals surface area (Å²) < 4.78 is 43.6. The van der Waals surface area contributed by atoms with Crippen molar-refractivity contribution < 1.29 is 37.4 Å². The predicted molar refractivity (Wildman–Crippen MR) is 193 cm³/mol. The fourth-order valence-electron chi connectivity index (χ4n) is 7.30. The summed E-state index contributed by atoms with van der Waals surface area (Å²) in [4.78, 5) is 41.8. The molecule has 2 bridgehead atoms. The van der Waals surface area contributed by atoms with E-state index >= 15 is 0 Å². The zero-order chi connectivity index (χ0) is 36.9. The monoisotopic (exact) mass is 735 g/mol. The molecule has 2 aliphatic heterocycles. The van der Waals surface area contributed by atoms with Gasteiger partial charge in [0.2, 0.25) is 5.91 Å². The first-order valence-electron chi connectivity index (χ1n) is 17.7. The van der Waals surface area contributed by atoms with Crippen molar-refractivity contribution in [3.05, 3.63) is 99.1 Å². The zero-order valence-corrected chi connectivity index (χ0v) is 30.4. The number of carbonyl (C=O) groups is 3. The van der Waals surface area contributed by atoms with Gasteiger partial charge in [0, 0.05) is 36.2 Å². The Morgan fingerprint density at radius 2 is 1.75 bits per heavy atom. The Hall–Kier alpha value is -4.48. The summed E-state index contributed by atoms with van der Waals surface area (Å²) in [6.45, 7) is 2.39. The molecule has 9 nitrogen and oxygen atoms in total. The van der Waals surface area contributed by atoms with Crippen molar-refractivity contribution in [3.8, 4) is 11.5 Å². The molecule has 3 aromatic rings.